The summed E-state index contributed by atoms with van der Waals surface area (Å²) in [7, 11) is 0. The molecule has 26 heavy (non-hydrogen) atoms. The van der Waals surface area contributed by atoms with Gasteiger partial charge < -0.3 is 10.8 Å². The predicted molar refractivity (Wildman–Crippen MR) is 107 cm³/mol. The zero-order valence-electron chi connectivity index (χ0n) is 15.7. The molecule has 2 aliphatic carbocycles. The Morgan fingerprint density at radius 3 is 2.65 bits per heavy atom. The first-order valence-corrected chi connectivity index (χ1v) is 10.2. The van der Waals surface area contributed by atoms with E-state index in [0.717, 1.165) is 25.2 Å². The van der Waals surface area contributed by atoms with Crippen molar-refractivity contribution in [2.45, 2.75) is 62.8 Å². The summed E-state index contributed by atoms with van der Waals surface area (Å²) in [6, 6.07) is 18.0. The molecule has 3 atom stereocenters. The SMILES string of the molecule is N[C@]1(CO)CC[C@H](c2ccc3c(c2)CC[C@H](CCc2ccccc2)C3)C1. The maximum atomic E-state index is 9.52. The summed E-state index contributed by atoms with van der Waals surface area (Å²) in [6.07, 6.45) is 9.20. The lowest BCUT2D eigenvalue weighted by Crippen LogP contribution is -2.40. The number of rotatable bonds is 5. The van der Waals surface area contributed by atoms with Crippen molar-refractivity contribution in [3.8, 4) is 0 Å². The van der Waals surface area contributed by atoms with E-state index in [1.807, 2.05) is 0 Å². The van der Waals surface area contributed by atoms with Gasteiger partial charge in [-0.15, -0.1) is 0 Å². The molecule has 3 N–H and O–H groups in total. The second kappa shape index (κ2) is 7.54. The molecule has 2 aromatic rings. The minimum Gasteiger partial charge on any atom is -0.394 e. The van der Waals surface area contributed by atoms with Crippen molar-refractivity contribution in [3.05, 3.63) is 70.8 Å². The summed E-state index contributed by atoms with van der Waals surface area (Å²) in [5.41, 5.74) is 11.9. The summed E-state index contributed by atoms with van der Waals surface area (Å²) >= 11 is 0. The standard InChI is InChI=1S/C24H31NO/c25-24(17-26)13-12-23(16-24)22-11-10-20-14-19(8-9-21(20)15-22)7-6-18-4-2-1-3-5-18/h1-5,10-11,15,19,23,26H,6-9,12-14,16-17,25H2/t19-,23-,24+/m0/s1. The first-order valence-electron chi connectivity index (χ1n) is 10.2. The Bertz CT molecular complexity index is 741. The lowest BCUT2D eigenvalue weighted by atomic mass is 9.79. The Morgan fingerprint density at radius 2 is 1.88 bits per heavy atom. The second-order valence-electron chi connectivity index (χ2n) is 8.62. The summed E-state index contributed by atoms with van der Waals surface area (Å²) in [4.78, 5) is 0. The third-order valence-corrected chi connectivity index (χ3v) is 6.67. The van der Waals surface area contributed by atoms with Gasteiger partial charge in [0.1, 0.15) is 0 Å². The van der Waals surface area contributed by atoms with E-state index in [-0.39, 0.29) is 12.1 Å². The van der Waals surface area contributed by atoms with Crippen molar-refractivity contribution >= 4 is 0 Å². The fraction of sp³-hybridized carbons (Fsp3) is 0.500. The molecule has 2 aliphatic rings. The summed E-state index contributed by atoms with van der Waals surface area (Å²) in [5, 5.41) is 9.52. The number of nitrogens with two attached hydrogens (primary N) is 1. The van der Waals surface area contributed by atoms with Crippen molar-refractivity contribution in [1.82, 2.24) is 0 Å². The Morgan fingerprint density at radius 1 is 1.04 bits per heavy atom. The van der Waals surface area contributed by atoms with Crippen LogP contribution in [0.1, 0.15) is 60.3 Å². The quantitative estimate of drug-likeness (QED) is 0.841. The number of aliphatic hydroxyl groups excluding tert-OH is 1. The van der Waals surface area contributed by atoms with Crippen LogP contribution in [-0.2, 0) is 19.3 Å². The van der Waals surface area contributed by atoms with Gasteiger partial charge in [0.2, 0.25) is 0 Å². The molecular formula is C24H31NO. The molecule has 138 valence electrons. The van der Waals surface area contributed by atoms with Crippen molar-refractivity contribution < 1.29 is 5.11 Å². The van der Waals surface area contributed by atoms with Crippen LogP contribution in [0, 0.1) is 5.92 Å². The largest absolute Gasteiger partial charge is 0.394 e. The van der Waals surface area contributed by atoms with E-state index in [2.05, 4.69) is 48.5 Å². The highest BCUT2D eigenvalue weighted by atomic mass is 16.3. The van der Waals surface area contributed by atoms with Crippen LogP contribution in [0.5, 0.6) is 0 Å². The van der Waals surface area contributed by atoms with Crippen LogP contribution in [0.25, 0.3) is 0 Å². The number of aryl methyl sites for hydroxylation is 2. The van der Waals surface area contributed by atoms with E-state index >= 15 is 0 Å². The van der Waals surface area contributed by atoms with Crippen LogP contribution >= 0.6 is 0 Å². The van der Waals surface area contributed by atoms with E-state index in [0.29, 0.717) is 5.92 Å². The van der Waals surface area contributed by atoms with Gasteiger partial charge in [-0.25, -0.2) is 0 Å². The molecule has 1 saturated carbocycles. The maximum absolute atomic E-state index is 9.52. The number of hydrogen-bond acceptors (Lipinski definition) is 2. The van der Waals surface area contributed by atoms with Gasteiger partial charge in [-0.05, 0) is 85.5 Å². The Balaban J connectivity index is 1.38. The van der Waals surface area contributed by atoms with Gasteiger partial charge in [-0.1, -0.05) is 48.5 Å². The molecule has 2 nitrogen and oxygen atoms in total. The zero-order chi connectivity index (χ0) is 18.0. The smallest absolute Gasteiger partial charge is 0.0611 e. The molecule has 0 unspecified atom stereocenters. The van der Waals surface area contributed by atoms with Gasteiger partial charge in [-0.2, -0.15) is 0 Å². The van der Waals surface area contributed by atoms with Crippen LogP contribution in [0.3, 0.4) is 0 Å². The molecule has 2 heteroatoms. The first-order chi connectivity index (χ1) is 12.6. The Labute approximate surface area is 157 Å². The lowest BCUT2D eigenvalue weighted by molar-refractivity contribution is 0.198. The van der Waals surface area contributed by atoms with Gasteiger partial charge in [-0.3, -0.25) is 0 Å². The minimum atomic E-state index is -0.358. The van der Waals surface area contributed by atoms with Gasteiger partial charge in [0.25, 0.3) is 0 Å². The van der Waals surface area contributed by atoms with E-state index in [1.165, 1.54) is 43.2 Å². The molecule has 0 aromatic heterocycles. The number of aliphatic hydroxyl groups is 1. The van der Waals surface area contributed by atoms with Crippen molar-refractivity contribution in [2.75, 3.05) is 6.61 Å². The summed E-state index contributed by atoms with van der Waals surface area (Å²) in [6.45, 7) is 0.109. The fourth-order valence-corrected chi connectivity index (χ4v) is 4.95. The molecule has 1 fully saturated rings. The molecule has 0 aliphatic heterocycles. The third-order valence-electron chi connectivity index (χ3n) is 6.67. The van der Waals surface area contributed by atoms with E-state index < -0.39 is 0 Å². The normalized spacial score (nSPS) is 28.1. The van der Waals surface area contributed by atoms with Crippen molar-refractivity contribution in [1.29, 1.82) is 0 Å². The second-order valence-corrected chi connectivity index (χ2v) is 8.62. The first kappa shape index (κ1) is 17.8. The minimum absolute atomic E-state index is 0.109. The molecule has 2 aromatic carbocycles. The highest BCUT2D eigenvalue weighted by molar-refractivity contribution is 5.36. The van der Waals surface area contributed by atoms with Crippen LogP contribution < -0.4 is 5.73 Å². The fourth-order valence-electron chi connectivity index (χ4n) is 4.95. The molecular weight excluding hydrogens is 318 g/mol. The van der Waals surface area contributed by atoms with Gasteiger partial charge in [0.15, 0.2) is 0 Å². The Kier molecular flexibility index (Phi) is 5.15. The van der Waals surface area contributed by atoms with Crippen molar-refractivity contribution in [3.63, 3.8) is 0 Å². The number of fused-ring (bicyclic) bond motifs is 1. The van der Waals surface area contributed by atoms with E-state index in [1.54, 1.807) is 11.1 Å². The molecule has 0 radical (unpaired) electrons. The predicted octanol–water partition coefficient (Wildman–Crippen LogP) is 4.38. The molecule has 0 heterocycles. The van der Waals surface area contributed by atoms with Gasteiger partial charge in [0.05, 0.1) is 6.61 Å². The zero-order valence-corrected chi connectivity index (χ0v) is 15.7. The van der Waals surface area contributed by atoms with Gasteiger partial charge in [0, 0.05) is 5.54 Å². The molecule has 0 spiro atoms. The molecule has 0 amide bonds. The number of hydrogen-bond donors (Lipinski definition) is 2. The monoisotopic (exact) mass is 349 g/mol. The highest BCUT2D eigenvalue weighted by Crippen LogP contribution is 2.40. The van der Waals surface area contributed by atoms with Gasteiger partial charge >= 0.3 is 0 Å². The van der Waals surface area contributed by atoms with E-state index in [4.69, 9.17) is 5.73 Å². The van der Waals surface area contributed by atoms with Crippen LogP contribution in [-0.4, -0.2) is 17.3 Å². The van der Waals surface area contributed by atoms with Crippen LogP contribution in [0.2, 0.25) is 0 Å². The van der Waals surface area contributed by atoms with Crippen molar-refractivity contribution in [2.24, 2.45) is 11.7 Å². The lowest BCUT2D eigenvalue weighted by Gasteiger charge is -2.26. The topological polar surface area (TPSA) is 46.2 Å². The van der Waals surface area contributed by atoms with Crippen LogP contribution in [0.4, 0.5) is 0 Å². The Hall–Kier alpha value is -1.64. The summed E-state index contributed by atoms with van der Waals surface area (Å²) < 4.78 is 0. The van der Waals surface area contributed by atoms with E-state index in [9.17, 15) is 5.11 Å². The molecule has 0 bridgehead atoms. The average molecular weight is 350 g/mol. The van der Waals surface area contributed by atoms with Crippen LogP contribution in [0.15, 0.2) is 48.5 Å². The number of benzene rings is 2. The maximum Gasteiger partial charge on any atom is 0.0611 e. The molecule has 0 saturated heterocycles. The highest BCUT2D eigenvalue weighted by Gasteiger charge is 2.36. The average Bonchev–Trinajstić information content (AvgIpc) is 3.09. The third kappa shape index (κ3) is 3.87. The molecule has 4 rings (SSSR count). The summed E-state index contributed by atoms with van der Waals surface area (Å²) in [5.74, 6) is 1.33.